The van der Waals surface area contributed by atoms with Gasteiger partial charge < -0.3 is 10.6 Å². The van der Waals surface area contributed by atoms with E-state index >= 15 is 0 Å². The van der Waals surface area contributed by atoms with Crippen molar-refractivity contribution in [3.8, 4) is 0 Å². The second-order valence-electron chi connectivity index (χ2n) is 5.36. The van der Waals surface area contributed by atoms with Crippen LogP contribution in [-0.2, 0) is 0 Å². The third kappa shape index (κ3) is 5.53. The Morgan fingerprint density at radius 1 is 1.07 bits per heavy atom. The molecule has 0 amide bonds. The molecular formula is C13H28N2. The van der Waals surface area contributed by atoms with E-state index < -0.39 is 0 Å². The highest BCUT2D eigenvalue weighted by Gasteiger charge is 2.13. The lowest BCUT2D eigenvalue weighted by Crippen LogP contribution is -2.35. The van der Waals surface area contributed by atoms with Gasteiger partial charge in [-0.1, -0.05) is 33.6 Å². The first-order valence-corrected chi connectivity index (χ1v) is 6.64. The molecule has 2 N–H and O–H groups in total. The second-order valence-corrected chi connectivity index (χ2v) is 5.36. The maximum Gasteiger partial charge on any atom is 0.00793 e. The Labute approximate surface area is 95.2 Å². The summed E-state index contributed by atoms with van der Waals surface area (Å²) in [6, 6.07) is 0.814. The fourth-order valence-electron chi connectivity index (χ4n) is 2.06. The summed E-state index contributed by atoms with van der Waals surface area (Å²) in [5, 5.41) is 7.15. The van der Waals surface area contributed by atoms with E-state index in [1.165, 1.54) is 25.7 Å². The van der Waals surface area contributed by atoms with Gasteiger partial charge in [0.2, 0.25) is 0 Å². The molecule has 1 saturated carbocycles. The molecule has 1 rings (SSSR count). The molecule has 2 heteroatoms. The molecule has 1 unspecified atom stereocenters. The summed E-state index contributed by atoms with van der Waals surface area (Å²) in [7, 11) is 0. The van der Waals surface area contributed by atoms with Crippen molar-refractivity contribution in [3.05, 3.63) is 0 Å². The third-order valence-electron chi connectivity index (χ3n) is 3.69. The highest BCUT2D eigenvalue weighted by atomic mass is 15.0. The van der Waals surface area contributed by atoms with E-state index in [2.05, 4.69) is 31.4 Å². The number of hydrogen-bond donors (Lipinski definition) is 2. The lowest BCUT2D eigenvalue weighted by Gasteiger charge is -2.17. The molecule has 15 heavy (non-hydrogen) atoms. The molecule has 1 aliphatic carbocycles. The predicted octanol–water partition coefficient (Wildman–Crippen LogP) is 2.40. The summed E-state index contributed by atoms with van der Waals surface area (Å²) in [5.41, 5.74) is 0. The van der Waals surface area contributed by atoms with Crippen LogP contribution < -0.4 is 10.6 Å². The van der Waals surface area contributed by atoms with Crippen LogP contribution in [0.3, 0.4) is 0 Å². The first kappa shape index (κ1) is 13.0. The number of hydrogen-bond acceptors (Lipinski definition) is 2. The zero-order valence-corrected chi connectivity index (χ0v) is 10.7. The molecule has 0 bridgehead atoms. The number of nitrogens with one attached hydrogen (secondary N) is 2. The fourth-order valence-corrected chi connectivity index (χ4v) is 2.06. The van der Waals surface area contributed by atoms with Gasteiger partial charge in [-0.25, -0.2) is 0 Å². The Morgan fingerprint density at radius 3 is 2.33 bits per heavy atom. The molecule has 90 valence electrons. The van der Waals surface area contributed by atoms with Gasteiger partial charge in [0.05, 0.1) is 0 Å². The molecule has 0 aliphatic heterocycles. The Hall–Kier alpha value is -0.0800. The second kappa shape index (κ2) is 7.24. The molecule has 1 aliphatic rings. The molecule has 0 aromatic heterocycles. The molecular weight excluding hydrogens is 184 g/mol. The molecule has 0 spiro atoms. The van der Waals surface area contributed by atoms with Gasteiger partial charge in [-0.05, 0) is 31.2 Å². The van der Waals surface area contributed by atoms with Crippen LogP contribution in [0.2, 0.25) is 0 Å². The lowest BCUT2D eigenvalue weighted by atomic mass is 9.98. The van der Waals surface area contributed by atoms with E-state index in [0.717, 1.165) is 37.5 Å². The summed E-state index contributed by atoms with van der Waals surface area (Å²) in [6.07, 6.45) is 5.63. The smallest absolute Gasteiger partial charge is 0.00793 e. The monoisotopic (exact) mass is 212 g/mol. The van der Waals surface area contributed by atoms with Crippen molar-refractivity contribution in [3.63, 3.8) is 0 Å². The molecule has 1 atom stereocenters. The van der Waals surface area contributed by atoms with Crippen molar-refractivity contribution < 1.29 is 0 Å². The highest BCUT2D eigenvalue weighted by molar-refractivity contribution is 4.73. The zero-order chi connectivity index (χ0) is 11.1. The van der Waals surface area contributed by atoms with Gasteiger partial charge in [-0.2, -0.15) is 0 Å². The van der Waals surface area contributed by atoms with Crippen LogP contribution in [0.25, 0.3) is 0 Å². The van der Waals surface area contributed by atoms with Crippen LogP contribution >= 0.6 is 0 Å². The van der Waals surface area contributed by atoms with E-state index in [4.69, 9.17) is 0 Å². The van der Waals surface area contributed by atoms with Gasteiger partial charge in [0.25, 0.3) is 0 Å². The van der Waals surface area contributed by atoms with Gasteiger partial charge in [0.15, 0.2) is 0 Å². The first-order chi connectivity index (χ1) is 7.20. The van der Waals surface area contributed by atoms with Crippen molar-refractivity contribution in [1.82, 2.24) is 10.6 Å². The van der Waals surface area contributed by atoms with Gasteiger partial charge in [-0.15, -0.1) is 0 Å². The third-order valence-corrected chi connectivity index (χ3v) is 3.69. The molecule has 0 saturated heterocycles. The van der Waals surface area contributed by atoms with Gasteiger partial charge in [-0.3, -0.25) is 0 Å². The average molecular weight is 212 g/mol. The maximum atomic E-state index is 3.62. The van der Waals surface area contributed by atoms with Crippen molar-refractivity contribution >= 4 is 0 Å². The minimum atomic E-state index is 0.788. The Morgan fingerprint density at radius 2 is 1.73 bits per heavy atom. The molecule has 1 fully saturated rings. The van der Waals surface area contributed by atoms with E-state index in [9.17, 15) is 0 Å². The van der Waals surface area contributed by atoms with Crippen LogP contribution in [0.15, 0.2) is 0 Å². The summed E-state index contributed by atoms with van der Waals surface area (Å²) >= 11 is 0. The molecule has 0 aromatic carbocycles. The van der Waals surface area contributed by atoms with Crippen molar-refractivity contribution in [2.45, 2.75) is 52.5 Å². The SMILES string of the molecule is CC(C)C(C)CNCCNC1CCCC1. The Balaban J connectivity index is 1.88. The van der Waals surface area contributed by atoms with Crippen molar-refractivity contribution in [2.24, 2.45) is 11.8 Å². The summed E-state index contributed by atoms with van der Waals surface area (Å²) < 4.78 is 0. The van der Waals surface area contributed by atoms with E-state index in [1.807, 2.05) is 0 Å². The predicted molar refractivity (Wildman–Crippen MR) is 67.1 cm³/mol. The largest absolute Gasteiger partial charge is 0.315 e. The normalized spacial score (nSPS) is 20.0. The summed E-state index contributed by atoms with van der Waals surface area (Å²) in [5.74, 6) is 1.58. The molecule has 0 heterocycles. The average Bonchev–Trinajstić information content (AvgIpc) is 2.69. The van der Waals surface area contributed by atoms with Crippen LogP contribution in [0.1, 0.15) is 46.5 Å². The van der Waals surface area contributed by atoms with Gasteiger partial charge in [0.1, 0.15) is 0 Å². The molecule has 2 nitrogen and oxygen atoms in total. The first-order valence-electron chi connectivity index (χ1n) is 6.64. The van der Waals surface area contributed by atoms with Crippen molar-refractivity contribution in [1.29, 1.82) is 0 Å². The van der Waals surface area contributed by atoms with E-state index in [0.29, 0.717) is 0 Å². The van der Waals surface area contributed by atoms with E-state index in [-0.39, 0.29) is 0 Å². The quantitative estimate of drug-likeness (QED) is 0.633. The minimum absolute atomic E-state index is 0.788. The van der Waals surface area contributed by atoms with Crippen LogP contribution in [0, 0.1) is 11.8 Å². The highest BCUT2D eigenvalue weighted by Crippen LogP contribution is 2.17. The lowest BCUT2D eigenvalue weighted by molar-refractivity contribution is 0.389. The fraction of sp³-hybridized carbons (Fsp3) is 1.00. The summed E-state index contributed by atoms with van der Waals surface area (Å²) in [4.78, 5) is 0. The standard InChI is InChI=1S/C13H28N2/c1-11(2)12(3)10-14-8-9-15-13-6-4-5-7-13/h11-15H,4-10H2,1-3H3. The topological polar surface area (TPSA) is 24.1 Å². The van der Waals surface area contributed by atoms with Crippen molar-refractivity contribution in [2.75, 3.05) is 19.6 Å². The van der Waals surface area contributed by atoms with Gasteiger partial charge >= 0.3 is 0 Å². The van der Waals surface area contributed by atoms with E-state index in [1.54, 1.807) is 0 Å². The summed E-state index contributed by atoms with van der Waals surface area (Å²) in [6.45, 7) is 10.3. The Kier molecular flexibility index (Phi) is 6.26. The molecule has 0 aromatic rings. The Bertz CT molecular complexity index is 147. The zero-order valence-electron chi connectivity index (χ0n) is 10.7. The minimum Gasteiger partial charge on any atom is -0.315 e. The number of rotatable bonds is 7. The van der Waals surface area contributed by atoms with Crippen LogP contribution in [0.5, 0.6) is 0 Å². The van der Waals surface area contributed by atoms with Gasteiger partial charge in [0, 0.05) is 19.1 Å². The molecule has 0 radical (unpaired) electrons. The van der Waals surface area contributed by atoms with Crippen LogP contribution in [-0.4, -0.2) is 25.7 Å². The maximum absolute atomic E-state index is 3.62. The van der Waals surface area contributed by atoms with Crippen LogP contribution in [0.4, 0.5) is 0 Å².